The normalized spacial score (nSPS) is 22.0. The van der Waals surface area contributed by atoms with E-state index in [-0.39, 0.29) is 12.0 Å². The van der Waals surface area contributed by atoms with Crippen LogP contribution < -0.4 is 5.73 Å². The molecular formula is C13H15F2NO6. The van der Waals surface area contributed by atoms with Crippen molar-refractivity contribution < 1.29 is 38.8 Å². The average molecular weight is 319 g/mol. The van der Waals surface area contributed by atoms with Crippen LogP contribution >= 0.6 is 0 Å². The van der Waals surface area contributed by atoms with Crippen molar-refractivity contribution in [2.24, 2.45) is 5.73 Å². The third-order valence-corrected chi connectivity index (χ3v) is 3.02. The molecule has 0 spiro atoms. The smallest absolute Gasteiger partial charge is 0.335 e. The lowest BCUT2D eigenvalue weighted by Crippen LogP contribution is -2.39. The monoisotopic (exact) mass is 319 g/mol. The average Bonchev–Trinajstić information content (AvgIpc) is 3.17. The van der Waals surface area contributed by atoms with Gasteiger partial charge in [-0.3, -0.25) is 0 Å². The summed E-state index contributed by atoms with van der Waals surface area (Å²) in [5.41, 5.74) is 6.38. The lowest BCUT2D eigenvalue weighted by molar-refractivity contribution is -0.165. The third-order valence-electron chi connectivity index (χ3n) is 3.02. The molecule has 7 nitrogen and oxygen atoms in total. The number of benzene rings is 1. The Kier molecular flexibility index (Phi) is 5.92. The first-order valence-electron chi connectivity index (χ1n) is 6.17. The Morgan fingerprint density at radius 1 is 1.09 bits per heavy atom. The minimum atomic E-state index is -2.27. The molecule has 0 aromatic heterocycles. The number of hydrogen-bond acceptors (Lipinski definition) is 5. The molecule has 0 bridgehead atoms. The lowest BCUT2D eigenvalue weighted by atomic mass is 10.1. The van der Waals surface area contributed by atoms with Crippen LogP contribution in [-0.2, 0) is 9.59 Å². The molecule has 1 saturated carbocycles. The van der Waals surface area contributed by atoms with E-state index in [0.29, 0.717) is 0 Å². The molecule has 0 radical (unpaired) electrons. The van der Waals surface area contributed by atoms with Gasteiger partial charge in [0.15, 0.2) is 23.8 Å². The highest BCUT2D eigenvalue weighted by atomic mass is 19.2. The lowest BCUT2D eigenvalue weighted by Gasteiger charge is -2.07. The number of carboxylic acid groups (broad SMARTS) is 2. The summed E-state index contributed by atoms with van der Waals surface area (Å²) in [5, 5.41) is 32.5. The Hall–Kier alpha value is -2.10. The van der Waals surface area contributed by atoms with Crippen molar-refractivity contribution in [2.45, 2.75) is 30.6 Å². The van der Waals surface area contributed by atoms with E-state index in [0.717, 1.165) is 18.1 Å². The molecule has 1 fully saturated rings. The summed E-state index contributed by atoms with van der Waals surface area (Å²) in [6.45, 7) is 0. The van der Waals surface area contributed by atoms with Crippen molar-refractivity contribution in [1.29, 1.82) is 0 Å². The van der Waals surface area contributed by atoms with Gasteiger partial charge in [-0.25, -0.2) is 18.4 Å². The number of aliphatic hydroxyl groups excluding tert-OH is 2. The first-order valence-corrected chi connectivity index (χ1v) is 6.17. The van der Waals surface area contributed by atoms with Gasteiger partial charge in [-0.15, -0.1) is 0 Å². The van der Waals surface area contributed by atoms with Crippen LogP contribution in [0.2, 0.25) is 0 Å². The van der Waals surface area contributed by atoms with Crippen LogP contribution in [0.25, 0.3) is 0 Å². The largest absolute Gasteiger partial charge is 0.479 e. The molecule has 0 heterocycles. The Balaban J connectivity index is 0.000000225. The van der Waals surface area contributed by atoms with Gasteiger partial charge < -0.3 is 26.2 Å². The fraction of sp³-hybridized carbons (Fsp3) is 0.385. The van der Waals surface area contributed by atoms with Gasteiger partial charge in [0, 0.05) is 12.0 Å². The molecule has 1 aliphatic rings. The molecule has 6 N–H and O–H groups in total. The van der Waals surface area contributed by atoms with Gasteiger partial charge in [-0.05, 0) is 24.1 Å². The summed E-state index contributed by atoms with van der Waals surface area (Å²) in [6, 6.07) is 4.10. The van der Waals surface area contributed by atoms with Crippen LogP contribution in [0.3, 0.4) is 0 Å². The van der Waals surface area contributed by atoms with Crippen molar-refractivity contribution in [2.75, 3.05) is 0 Å². The third kappa shape index (κ3) is 4.72. The minimum absolute atomic E-state index is 0.134. The van der Waals surface area contributed by atoms with Gasteiger partial charge in [0.2, 0.25) is 0 Å². The quantitative estimate of drug-likeness (QED) is 0.511. The molecule has 122 valence electrons. The predicted octanol–water partition coefficient (Wildman–Crippen LogP) is -0.343. The molecule has 1 aliphatic carbocycles. The van der Waals surface area contributed by atoms with E-state index in [1.807, 2.05) is 0 Å². The Labute approximate surface area is 123 Å². The molecule has 0 saturated heterocycles. The highest BCUT2D eigenvalue weighted by Crippen LogP contribution is 2.39. The van der Waals surface area contributed by atoms with E-state index in [4.69, 9.17) is 26.2 Å². The van der Waals surface area contributed by atoms with Crippen molar-refractivity contribution >= 4 is 11.9 Å². The second kappa shape index (κ2) is 7.25. The van der Waals surface area contributed by atoms with Crippen LogP contribution in [0, 0.1) is 11.6 Å². The maximum atomic E-state index is 12.7. The van der Waals surface area contributed by atoms with E-state index in [1.54, 1.807) is 6.07 Å². The number of carboxylic acids is 2. The van der Waals surface area contributed by atoms with Crippen LogP contribution in [0.1, 0.15) is 17.9 Å². The molecule has 4 atom stereocenters. The Morgan fingerprint density at radius 3 is 1.86 bits per heavy atom. The van der Waals surface area contributed by atoms with E-state index in [2.05, 4.69) is 0 Å². The van der Waals surface area contributed by atoms with E-state index < -0.39 is 35.8 Å². The van der Waals surface area contributed by atoms with Crippen molar-refractivity contribution in [3.63, 3.8) is 0 Å². The van der Waals surface area contributed by atoms with E-state index >= 15 is 0 Å². The van der Waals surface area contributed by atoms with E-state index in [9.17, 15) is 18.4 Å². The number of aliphatic hydroxyl groups is 2. The SMILES string of the molecule is N[C@@H]1C[C@H]1c1ccc(F)c(F)c1.O=C(O)[C@H](O)[C@@H](O)C(=O)O. The number of aliphatic carboxylic acids is 2. The van der Waals surface area contributed by atoms with Gasteiger partial charge in [0.1, 0.15) is 0 Å². The summed E-state index contributed by atoms with van der Waals surface area (Å²) in [7, 11) is 0. The number of rotatable bonds is 4. The topological polar surface area (TPSA) is 141 Å². The molecular weight excluding hydrogens is 304 g/mol. The zero-order valence-corrected chi connectivity index (χ0v) is 11.2. The summed E-state index contributed by atoms with van der Waals surface area (Å²) in [4.78, 5) is 19.5. The summed E-state index contributed by atoms with van der Waals surface area (Å²) < 4.78 is 25.2. The van der Waals surface area contributed by atoms with Crippen LogP contribution in [0.4, 0.5) is 8.78 Å². The molecule has 22 heavy (non-hydrogen) atoms. The minimum Gasteiger partial charge on any atom is -0.479 e. The summed E-state index contributed by atoms with van der Waals surface area (Å²) >= 11 is 0. The van der Waals surface area contributed by atoms with E-state index in [1.165, 1.54) is 6.07 Å². The number of carbonyl (C=O) groups is 2. The van der Waals surface area contributed by atoms with Crippen molar-refractivity contribution in [1.82, 2.24) is 0 Å². The molecule has 0 amide bonds. The molecule has 1 aromatic carbocycles. The van der Waals surface area contributed by atoms with Gasteiger partial charge in [-0.1, -0.05) is 6.07 Å². The fourth-order valence-corrected chi connectivity index (χ4v) is 1.61. The zero-order chi connectivity index (χ0) is 17.0. The zero-order valence-electron chi connectivity index (χ0n) is 11.2. The summed E-state index contributed by atoms with van der Waals surface area (Å²) in [5.74, 6) is -4.88. The maximum Gasteiger partial charge on any atom is 0.335 e. The molecule has 9 heteroatoms. The molecule has 0 aliphatic heterocycles. The van der Waals surface area contributed by atoms with Gasteiger partial charge in [0.05, 0.1) is 0 Å². The Bertz CT molecular complexity index is 549. The van der Waals surface area contributed by atoms with Gasteiger partial charge in [0.25, 0.3) is 0 Å². The summed E-state index contributed by atoms with van der Waals surface area (Å²) in [6.07, 6.45) is -3.65. The maximum absolute atomic E-state index is 12.7. The van der Waals surface area contributed by atoms with Gasteiger partial charge >= 0.3 is 11.9 Å². The molecule has 2 rings (SSSR count). The predicted molar refractivity (Wildman–Crippen MR) is 69.0 cm³/mol. The number of hydrogen-bond donors (Lipinski definition) is 5. The molecule has 1 aromatic rings. The second-order valence-electron chi connectivity index (χ2n) is 4.75. The van der Waals surface area contributed by atoms with Crippen molar-refractivity contribution in [3.05, 3.63) is 35.4 Å². The molecule has 0 unspecified atom stereocenters. The van der Waals surface area contributed by atoms with Crippen LogP contribution in [0.5, 0.6) is 0 Å². The second-order valence-corrected chi connectivity index (χ2v) is 4.75. The first kappa shape index (κ1) is 18.0. The highest BCUT2D eigenvalue weighted by Gasteiger charge is 2.35. The van der Waals surface area contributed by atoms with Crippen molar-refractivity contribution in [3.8, 4) is 0 Å². The standard InChI is InChI=1S/C9H9F2N.C4H6O6/c10-7-2-1-5(3-8(7)11)6-4-9(6)12;5-1(3(7)8)2(6)4(9)10/h1-3,6,9H,4,12H2;1-2,5-6H,(H,7,8)(H,9,10)/t6-,9+;1-,2-/m01/s1. The van der Waals surface area contributed by atoms with Crippen LogP contribution in [-0.4, -0.2) is 50.6 Å². The Morgan fingerprint density at radius 2 is 1.55 bits per heavy atom. The van der Waals surface area contributed by atoms with Crippen LogP contribution in [0.15, 0.2) is 18.2 Å². The number of halogens is 2. The number of nitrogens with two attached hydrogens (primary N) is 1. The first-order chi connectivity index (χ1) is 10.1. The fourth-order valence-electron chi connectivity index (χ4n) is 1.61. The van der Waals surface area contributed by atoms with Gasteiger partial charge in [-0.2, -0.15) is 0 Å². The highest BCUT2D eigenvalue weighted by molar-refractivity contribution is 5.83.